The zero-order chi connectivity index (χ0) is 20.8. The number of hydrogen-bond acceptors (Lipinski definition) is 4. The highest BCUT2D eigenvalue weighted by Crippen LogP contribution is 2.40. The number of anilines is 2. The van der Waals surface area contributed by atoms with E-state index in [2.05, 4.69) is 17.6 Å². The fourth-order valence-corrected chi connectivity index (χ4v) is 5.88. The first kappa shape index (κ1) is 19.6. The molecule has 3 aromatic rings. The molecule has 7 heteroatoms. The predicted octanol–water partition coefficient (Wildman–Crippen LogP) is 4.02. The smallest absolute Gasteiger partial charge is 0.235 e. The highest BCUT2D eigenvalue weighted by Gasteiger charge is 2.29. The molecule has 6 nitrogen and oxygen atoms in total. The number of hydrogen-bond donors (Lipinski definition) is 1. The monoisotopic (exact) mass is 413 g/mol. The number of nitrogen functional groups attached to an aromatic ring is 1. The Labute approximate surface area is 171 Å². The Morgan fingerprint density at radius 2 is 1.93 bits per heavy atom. The lowest BCUT2D eigenvalue weighted by atomic mass is 10.0. The van der Waals surface area contributed by atoms with Crippen molar-refractivity contribution in [2.45, 2.75) is 33.2 Å². The molecule has 2 heterocycles. The van der Waals surface area contributed by atoms with E-state index in [1.807, 2.05) is 37.3 Å². The minimum atomic E-state index is -3.26. The van der Waals surface area contributed by atoms with Crippen LogP contribution in [0.5, 0.6) is 5.75 Å². The van der Waals surface area contributed by atoms with E-state index in [0.29, 0.717) is 19.4 Å². The van der Waals surface area contributed by atoms with Crippen molar-refractivity contribution in [2.24, 2.45) is 0 Å². The van der Waals surface area contributed by atoms with Crippen LogP contribution in [0, 0.1) is 0 Å². The van der Waals surface area contributed by atoms with Gasteiger partial charge in [-0.2, -0.15) is 0 Å². The Morgan fingerprint density at radius 3 is 2.62 bits per heavy atom. The van der Waals surface area contributed by atoms with E-state index in [1.54, 1.807) is 11.4 Å². The second-order valence-corrected chi connectivity index (χ2v) is 9.38. The molecule has 154 valence electrons. The van der Waals surface area contributed by atoms with Gasteiger partial charge in [-0.05, 0) is 49.6 Å². The van der Waals surface area contributed by atoms with Crippen molar-refractivity contribution in [1.29, 1.82) is 0 Å². The topological polar surface area (TPSA) is 77.6 Å². The maximum atomic E-state index is 12.6. The molecular weight excluding hydrogens is 386 g/mol. The maximum Gasteiger partial charge on any atom is 0.235 e. The summed E-state index contributed by atoms with van der Waals surface area (Å²) in [5.74, 6) is 0.967. The van der Waals surface area contributed by atoms with Crippen LogP contribution in [0.3, 0.4) is 0 Å². The molecule has 0 saturated carbocycles. The highest BCUT2D eigenvalue weighted by molar-refractivity contribution is 7.92. The molecule has 1 aliphatic heterocycles. The largest absolute Gasteiger partial charge is 0.497 e. The standard InChI is InChI=1S/C22H27N3O3S/c1-4-12-29(26,27)25-11-10-15-13-16(6-9-19(15)25)22-21(23)18-8-7-17(28-3)14-20(18)24(22)5-2/h6-9,13-14H,4-5,10-12,23H2,1-3H3. The van der Waals surface area contributed by atoms with Gasteiger partial charge in [0.1, 0.15) is 5.75 Å². The van der Waals surface area contributed by atoms with Crippen molar-refractivity contribution < 1.29 is 13.2 Å². The van der Waals surface area contributed by atoms with Crippen LogP contribution in [0.25, 0.3) is 22.2 Å². The SMILES string of the molecule is CCCS(=O)(=O)N1CCc2cc(-c3c(N)c4ccc(OC)cc4n3CC)ccc21. The van der Waals surface area contributed by atoms with Crippen LogP contribution in [0.2, 0.25) is 0 Å². The number of nitrogens with two attached hydrogens (primary N) is 1. The van der Waals surface area contributed by atoms with E-state index in [-0.39, 0.29) is 5.75 Å². The number of rotatable bonds is 6. The van der Waals surface area contributed by atoms with Gasteiger partial charge in [-0.3, -0.25) is 4.31 Å². The number of aromatic nitrogens is 1. The van der Waals surface area contributed by atoms with E-state index < -0.39 is 10.0 Å². The molecule has 0 unspecified atom stereocenters. The molecule has 4 rings (SSSR count). The molecular formula is C22H27N3O3S. The van der Waals surface area contributed by atoms with Gasteiger partial charge in [0, 0.05) is 30.1 Å². The third-order valence-electron chi connectivity index (χ3n) is 5.63. The van der Waals surface area contributed by atoms with Crippen LogP contribution in [0.15, 0.2) is 36.4 Å². The van der Waals surface area contributed by atoms with E-state index in [4.69, 9.17) is 10.5 Å². The van der Waals surface area contributed by atoms with Crippen LogP contribution in [-0.4, -0.2) is 32.4 Å². The van der Waals surface area contributed by atoms with E-state index in [9.17, 15) is 8.42 Å². The Bertz CT molecular complexity index is 1180. The Kier molecular flexibility index (Phi) is 4.94. The van der Waals surface area contributed by atoms with Gasteiger partial charge >= 0.3 is 0 Å². The summed E-state index contributed by atoms with van der Waals surface area (Å²) in [7, 11) is -1.60. The van der Waals surface area contributed by atoms with Crippen LogP contribution in [-0.2, 0) is 23.0 Å². The Morgan fingerprint density at radius 1 is 1.14 bits per heavy atom. The van der Waals surface area contributed by atoms with Crippen molar-refractivity contribution in [1.82, 2.24) is 4.57 Å². The van der Waals surface area contributed by atoms with E-state index in [1.165, 1.54) is 0 Å². The fourth-order valence-electron chi connectivity index (χ4n) is 4.30. The summed E-state index contributed by atoms with van der Waals surface area (Å²) in [4.78, 5) is 0. The number of aryl methyl sites for hydroxylation is 1. The number of fused-ring (bicyclic) bond motifs is 2. The average Bonchev–Trinajstić information content (AvgIpc) is 3.26. The second-order valence-electron chi connectivity index (χ2n) is 7.37. The van der Waals surface area contributed by atoms with Crippen molar-refractivity contribution in [2.75, 3.05) is 29.4 Å². The first-order valence-corrected chi connectivity index (χ1v) is 11.6. The van der Waals surface area contributed by atoms with Gasteiger partial charge in [0.05, 0.1) is 35.4 Å². The molecule has 0 atom stereocenters. The van der Waals surface area contributed by atoms with Gasteiger partial charge in [-0.1, -0.05) is 13.0 Å². The quantitative estimate of drug-likeness (QED) is 0.662. The first-order valence-electron chi connectivity index (χ1n) is 10.0. The van der Waals surface area contributed by atoms with Crippen molar-refractivity contribution in [3.05, 3.63) is 42.0 Å². The molecule has 2 N–H and O–H groups in total. The van der Waals surface area contributed by atoms with Crippen LogP contribution in [0.1, 0.15) is 25.8 Å². The van der Waals surface area contributed by atoms with Gasteiger partial charge in [0.25, 0.3) is 0 Å². The molecule has 0 fully saturated rings. The Hall–Kier alpha value is -2.67. The molecule has 0 saturated heterocycles. The molecule has 1 aromatic heterocycles. The zero-order valence-electron chi connectivity index (χ0n) is 17.1. The second kappa shape index (κ2) is 7.30. The summed E-state index contributed by atoms with van der Waals surface area (Å²) in [6.07, 6.45) is 1.33. The number of nitrogens with zero attached hydrogens (tertiary/aromatic N) is 2. The van der Waals surface area contributed by atoms with E-state index in [0.717, 1.165) is 51.4 Å². The highest BCUT2D eigenvalue weighted by atomic mass is 32.2. The fraction of sp³-hybridized carbons (Fsp3) is 0.364. The number of benzene rings is 2. The normalized spacial score (nSPS) is 13.8. The molecule has 0 aliphatic carbocycles. The molecule has 0 spiro atoms. The van der Waals surface area contributed by atoms with Gasteiger partial charge in [0.15, 0.2) is 0 Å². The lowest BCUT2D eigenvalue weighted by molar-refractivity contribution is 0.415. The summed E-state index contributed by atoms with van der Waals surface area (Å²) in [5.41, 5.74) is 12.1. The van der Waals surface area contributed by atoms with Crippen LogP contribution < -0.4 is 14.8 Å². The van der Waals surface area contributed by atoms with Gasteiger partial charge in [0.2, 0.25) is 10.0 Å². The number of ether oxygens (including phenoxy) is 1. The minimum absolute atomic E-state index is 0.174. The van der Waals surface area contributed by atoms with Gasteiger partial charge in [-0.15, -0.1) is 0 Å². The third-order valence-corrected chi connectivity index (χ3v) is 7.61. The molecule has 1 aliphatic rings. The maximum absolute atomic E-state index is 12.6. The first-order chi connectivity index (χ1) is 13.9. The summed E-state index contributed by atoms with van der Waals surface area (Å²) in [6.45, 7) is 5.25. The zero-order valence-corrected chi connectivity index (χ0v) is 17.9. The van der Waals surface area contributed by atoms with Gasteiger partial charge in [-0.25, -0.2) is 8.42 Å². The third kappa shape index (κ3) is 3.13. The lowest BCUT2D eigenvalue weighted by Gasteiger charge is -2.19. The predicted molar refractivity (Wildman–Crippen MR) is 119 cm³/mol. The van der Waals surface area contributed by atoms with Crippen molar-refractivity contribution >= 4 is 32.3 Å². The summed E-state index contributed by atoms with van der Waals surface area (Å²) in [6, 6.07) is 11.9. The minimum Gasteiger partial charge on any atom is -0.497 e. The Balaban J connectivity index is 1.83. The number of methoxy groups -OCH3 is 1. The van der Waals surface area contributed by atoms with Crippen LogP contribution in [0.4, 0.5) is 11.4 Å². The van der Waals surface area contributed by atoms with Crippen molar-refractivity contribution in [3.63, 3.8) is 0 Å². The van der Waals surface area contributed by atoms with Gasteiger partial charge < -0.3 is 15.0 Å². The average molecular weight is 414 g/mol. The summed E-state index contributed by atoms with van der Waals surface area (Å²) in [5, 5.41) is 0.996. The molecule has 0 radical (unpaired) electrons. The van der Waals surface area contributed by atoms with Crippen LogP contribution >= 0.6 is 0 Å². The molecule has 0 bridgehead atoms. The van der Waals surface area contributed by atoms with Crippen molar-refractivity contribution in [3.8, 4) is 17.0 Å². The summed E-state index contributed by atoms with van der Waals surface area (Å²) >= 11 is 0. The van der Waals surface area contributed by atoms with E-state index >= 15 is 0 Å². The molecule has 2 aromatic carbocycles. The lowest BCUT2D eigenvalue weighted by Crippen LogP contribution is -2.31. The number of sulfonamides is 1. The molecule has 29 heavy (non-hydrogen) atoms. The molecule has 0 amide bonds. The summed E-state index contributed by atoms with van der Waals surface area (Å²) < 4.78 is 34.3.